The molecule has 1 heterocycles. The van der Waals surface area contributed by atoms with Gasteiger partial charge in [-0.3, -0.25) is 4.79 Å². The standard InChI is InChI=1S/C23H30N4O3/c1-3-30-21-7-5-4-6-20(21)26-14-16-27(17-15-26)23(29)25-13-12-24-22(28)19-10-8-18(2)9-11-19/h4-11H,3,12-17H2,1-2H3,(H,24,28)(H,25,29). The number of urea groups is 1. The smallest absolute Gasteiger partial charge is 0.317 e. The van der Waals surface area contributed by atoms with Crippen molar-refractivity contribution in [3.05, 3.63) is 59.7 Å². The quantitative estimate of drug-likeness (QED) is 0.689. The molecule has 2 N–H and O–H groups in total. The molecule has 2 aromatic rings. The lowest BCUT2D eigenvalue weighted by atomic mass is 10.1. The average Bonchev–Trinajstić information content (AvgIpc) is 2.77. The number of nitrogens with zero attached hydrogens (tertiary/aromatic N) is 2. The number of aryl methyl sites for hydroxylation is 1. The van der Waals surface area contributed by atoms with Crippen LogP contribution in [0, 0.1) is 6.92 Å². The molecule has 0 spiro atoms. The van der Waals surface area contributed by atoms with Crippen molar-refractivity contribution >= 4 is 17.6 Å². The normalized spacial score (nSPS) is 13.7. The minimum absolute atomic E-state index is 0.0997. The number of anilines is 1. The molecule has 7 nitrogen and oxygen atoms in total. The van der Waals surface area contributed by atoms with E-state index in [-0.39, 0.29) is 11.9 Å². The highest BCUT2D eigenvalue weighted by molar-refractivity contribution is 5.94. The first kappa shape index (κ1) is 21.5. The third-order valence-electron chi connectivity index (χ3n) is 5.07. The highest BCUT2D eigenvalue weighted by atomic mass is 16.5. The number of amides is 3. The van der Waals surface area contributed by atoms with E-state index >= 15 is 0 Å². The lowest BCUT2D eigenvalue weighted by Gasteiger charge is -2.36. The Morgan fingerprint density at radius 2 is 1.60 bits per heavy atom. The Hall–Kier alpha value is -3.22. The molecule has 1 saturated heterocycles. The zero-order valence-electron chi connectivity index (χ0n) is 17.7. The van der Waals surface area contributed by atoms with Crippen molar-refractivity contribution in [1.29, 1.82) is 0 Å². The fourth-order valence-electron chi connectivity index (χ4n) is 3.41. The van der Waals surface area contributed by atoms with Crippen molar-refractivity contribution in [3.63, 3.8) is 0 Å². The molecule has 1 aliphatic rings. The minimum Gasteiger partial charge on any atom is -0.492 e. The van der Waals surface area contributed by atoms with Gasteiger partial charge in [0.15, 0.2) is 0 Å². The molecule has 1 fully saturated rings. The summed E-state index contributed by atoms with van der Waals surface area (Å²) in [5.41, 5.74) is 2.80. The summed E-state index contributed by atoms with van der Waals surface area (Å²) >= 11 is 0. The molecule has 160 valence electrons. The van der Waals surface area contributed by atoms with Gasteiger partial charge in [0, 0.05) is 44.8 Å². The van der Waals surface area contributed by atoms with Crippen LogP contribution in [0.1, 0.15) is 22.8 Å². The Kier molecular flexibility index (Phi) is 7.54. The van der Waals surface area contributed by atoms with Gasteiger partial charge in [0.25, 0.3) is 5.91 Å². The van der Waals surface area contributed by atoms with Crippen LogP contribution in [0.4, 0.5) is 10.5 Å². The van der Waals surface area contributed by atoms with Gasteiger partial charge >= 0.3 is 6.03 Å². The first-order valence-electron chi connectivity index (χ1n) is 10.4. The topological polar surface area (TPSA) is 73.9 Å². The second-order valence-corrected chi connectivity index (χ2v) is 7.23. The first-order chi connectivity index (χ1) is 14.6. The van der Waals surface area contributed by atoms with Crippen LogP contribution in [0.2, 0.25) is 0 Å². The largest absolute Gasteiger partial charge is 0.492 e. The zero-order chi connectivity index (χ0) is 21.3. The molecule has 7 heteroatoms. The molecule has 1 aliphatic heterocycles. The molecular weight excluding hydrogens is 380 g/mol. The molecule has 3 amide bonds. The lowest BCUT2D eigenvalue weighted by molar-refractivity contribution is 0.0953. The predicted molar refractivity (Wildman–Crippen MR) is 118 cm³/mol. The van der Waals surface area contributed by atoms with Gasteiger partial charge in [0.1, 0.15) is 5.75 Å². The van der Waals surface area contributed by atoms with Gasteiger partial charge in [0.2, 0.25) is 0 Å². The van der Waals surface area contributed by atoms with E-state index in [0.717, 1.165) is 30.1 Å². The highest BCUT2D eigenvalue weighted by Crippen LogP contribution is 2.28. The Balaban J connectivity index is 1.39. The summed E-state index contributed by atoms with van der Waals surface area (Å²) in [6.07, 6.45) is 0. The molecule has 0 saturated carbocycles. The van der Waals surface area contributed by atoms with E-state index in [1.54, 1.807) is 12.1 Å². The summed E-state index contributed by atoms with van der Waals surface area (Å²) in [5, 5.41) is 5.71. The van der Waals surface area contributed by atoms with Gasteiger partial charge in [-0.25, -0.2) is 4.79 Å². The molecule has 2 aromatic carbocycles. The summed E-state index contributed by atoms with van der Waals surface area (Å²) in [4.78, 5) is 28.6. The molecule has 0 aromatic heterocycles. The molecular formula is C23H30N4O3. The molecule has 30 heavy (non-hydrogen) atoms. The molecule has 3 rings (SSSR count). The van der Waals surface area contributed by atoms with E-state index in [0.29, 0.717) is 38.3 Å². The number of carbonyl (C=O) groups is 2. The van der Waals surface area contributed by atoms with Gasteiger partial charge in [0.05, 0.1) is 12.3 Å². The SMILES string of the molecule is CCOc1ccccc1N1CCN(C(=O)NCCNC(=O)c2ccc(C)cc2)CC1. The number of para-hydroxylation sites is 2. The Bertz CT molecular complexity index is 846. The summed E-state index contributed by atoms with van der Waals surface area (Å²) in [7, 11) is 0. The Morgan fingerprint density at radius 3 is 2.30 bits per heavy atom. The van der Waals surface area contributed by atoms with E-state index < -0.39 is 0 Å². The van der Waals surface area contributed by atoms with E-state index in [1.807, 2.05) is 49.1 Å². The van der Waals surface area contributed by atoms with Crippen LogP contribution in [-0.4, -0.2) is 62.7 Å². The van der Waals surface area contributed by atoms with Crippen molar-refractivity contribution in [3.8, 4) is 5.75 Å². The van der Waals surface area contributed by atoms with Crippen molar-refractivity contribution in [2.45, 2.75) is 13.8 Å². The molecule has 0 bridgehead atoms. The number of rotatable bonds is 7. The number of hydrogen-bond acceptors (Lipinski definition) is 4. The maximum absolute atomic E-state index is 12.4. The summed E-state index contributed by atoms with van der Waals surface area (Å²) in [5.74, 6) is 0.744. The monoisotopic (exact) mass is 410 g/mol. The van der Waals surface area contributed by atoms with E-state index in [1.165, 1.54) is 0 Å². The van der Waals surface area contributed by atoms with Crippen LogP contribution >= 0.6 is 0 Å². The van der Waals surface area contributed by atoms with E-state index in [9.17, 15) is 9.59 Å². The van der Waals surface area contributed by atoms with Gasteiger partial charge < -0.3 is 25.2 Å². The van der Waals surface area contributed by atoms with Crippen molar-refractivity contribution in [2.75, 3.05) is 50.8 Å². The molecule has 0 unspecified atom stereocenters. The van der Waals surface area contributed by atoms with Crippen molar-refractivity contribution < 1.29 is 14.3 Å². The second kappa shape index (κ2) is 10.5. The summed E-state index contributed by atoms with van der Waals surface area (Å²) < 4.78 is 5.72. The average molecular weight is 411 g/mol. The maximum atomic E-state index is 12.4. The van der Waals surface area contributed by atoms with Crippen LogP contribution < -0.4 is 20.3 Å². The minimum atomic E-state index is -0.133. The lowest BCUT2D eigenvalue weighted by Crippen LogP contribution is -2.52. The van der Waals surface area contributed by atoms with Gasteiger partial charge in [-0.2, -0.15) is 0 Å². The number of hydrogen-bond donors (Lipinski definition) is 2. The predicted octanol–water partition coefficient (Wildman–Crippen LogP) is 2.66. The van der Waals surface area contributed by atoms with Gasteiger partial charge in [-0.1, -0.05) is 29.8 Å². The number of nitrogens with one attached hydrogen (secondary N) is 2. The number of piperazine rings is 1. The van der Waals surface area contributed by atoms with Gasteiger partial charge in [-0.15, -0.1) is 0 Å². The number of benzene rings is 2. The number of ether oxygens (including phenoxy) is 1. The number of carbonyl (C=O) groups excluding carboxylic acids is 2. The summed E-state index contributed by atoms with van der Waals surface area (Å²) in [6.45, 7) is 8.15. The zero-order valence-corrected chi connectivity index (χ0v) is 17.7. The van der Waals surface area contributed by atoms with Crippen LogP contribution in [0.3, 0.4) is 0 Å². The Morgan fingerprint density at radius 1 is 0.933 bits per heavy atom. The third-order valence-corrected chi connectivity index (χ3v) is 5.07. The summed E-state index contributed by atoms with van der Waals surface area (Å²) in [6, 6.07) is 15.3. The highest BCUT2D eigenvalue weighted by Gasteiger charge is 2.22. The van der Waals surface area contributed by atoms with Gasteiger partial charge in [-0.05, 0) is 38.1 Å². The van der Waals surface area contributed by atoms with Crippen LogP contribution in [-0.2, 0) is 0 Å². The fraction of sp³-hybridized carbons (Fsp3) is 0.391. The van der Waals surface area contributed by atoms with Crippen molar-refractivity contribution in [1.82, 2.24) is 15.5 Å². The Labute approximate surface area is 178 Å². The second-order valence-electron chi connectivity index (χ2n) is 7.23. The molecule has 0 aliphatic carbocycles. The van der Waals surface area contributed by atoms with E-state index in [4.69, 9.17) is 4.74 Å². The first-order valence-corrected chi connectivity index (χ1v) is 10.4. The third kappa shape index (κ3) is 5.65. The fourth-order valence-corrected chi connectivity index (χ4v) is 3.41. The van der Waals surface area contributed by atoms with Crippen LogP contribution in [0.5, 0.6) is 5.75 Å². The molecule has 0 radical (unpaired) electrons. The van der Waals surface area contributed by atoms with E-state index in [2.05, 4.69) is 21.6 Å². The van der Waals surface area contributed by atoms with Crippen molar-refractivity contribution in [2.24, 2.45) is 0 Å². The maximum Gasteiger partial charge on any atom is 0.317 e. The molecule has 0 atom stereocenters. The van der Waals surface area contributed by atoms with Crippen LogP contribution in [0.25, 0.3) is 0 Å². The van der Waals surface area contributed by atoms with Crippen LogP contribution in [0.15, 0.2) is 48.5 Å².